The van der Waals surface area contributed by atoms with Gasteiger partial charge in [-0.1, -0.05) is 29.3 Å². The highest BCUT2D eigenvalue weighted by Crippen LogP contribution is 2.25. The van der Waals surface area contributed by atoms with Gasteiger partial charge in [-0.2, -0.15) is 0 Å². The van der Waals surface area contributed by atoms with Crippen molar-refractivity contribution >= 4 is 40.5 Å². The molecule has 0 aromatic heterocycles. The first-order valence-corrected chi connectivity index (χ1v) is 6.65. The summed E-state index contributed by atoms with van der Waals surface area (Å²) in [7, 11) is 0. The number of hydrogen-bond donors (Lipinski definition) is 1. The Bertz CT molecular complexity index is 712. The van der Waals surface area contributed by atoms with E-state index < -0.39 is 10.8 Å². The first kappa shape index (κ1) is 15.3. The molecule has 0 spiro atoms. The molecule has 5 nitrogen and oxygen atoms in total. The molecule has 7 heteroatoms. The van der Waals surface area contributed by atoms with Gasteiger partial charge in [-0.05, 0) is 36.8 Å². The zero-order chi connectivity index (χ0) is 15.6. The Balaban J connectivity index is 2.34. The summed E-state index contributed by atoms with van der Waals surface area (Å²) >= 11 is 11.7. The molecule has 0 unspecified atom stereocenters. The smallest absolute Gasteiger partial charge is 0.282 e. The highest BCUT2D eigenvalue weighted by atomic mass is 35.5. The molecule has 2 aromatic rings. The van der Waals surface area contributed by atoms with E-state index in [1.165, 1.54) is 30.3 Å². The van der Waals surface area contributed by atoms with Crippen molar-refractivity contribution in [2.75, 3.05) is 5.32 Å². The molecule has 1 amide bonds. The number of carbonyl (C=O) groups excluding carboxylic acids is 1. The Morgan fingerprint density at radius 1 is 1.14 bits per heavy atom. The number of aryl methyl sites for hydroxylation is 1. The minimum atomic E-state index is -0.597. The third kappa shape index (κ3) is 3.71. The standard InChI is InChI=1S/C14H10Cl2N2O3/c1-8-2-3-12(13(4-8)18(20)21)14(19)17-11-6-9(15)5-10(16)7-11/h2-7H,1H3,(H,17,19). The van der Waals surface area contributed by atoms with E-state index >= 15 is 0 Å². The van der Waals surface area contributed by atoms with Gasteiger partial charge in [-0.15, -0.1) is 0 Å². The number of benzene rings is 2. The van der Waals surface area contributed by atoms with Gasteiger partial charge in [0.1, 0.15) is 5.56 Å². The van der Waals surface area contributed by atoms with Crippen LogP contribution in [0, 0.1) is 17.0 Å². The molecule has 0 radical (unpaired) electrons. The van der Waals surface area contributed by atoms with Crippen LogP contribution in [0.15, 0.2) is 36.4 Å². The van der Waals surface area contributed by atoms with Crippen molar-refractivity contribution in [1.29, 1.82) is 0 Å². The average molecular weight is 325 g/mol. The lowest BCUT2D eigenvalue weighted by Crippen LogP contribution is -2.14. The number of halogens is 2. The van der Waals surface area contributed by atoms with Crippen LogP contribution in [0.25, 0.3) is 0 Å². The SMILES string of the molecule is Cc1ccc(C(=O)Nc2cc(Cl)cc(Cl)c2)c([N+](=O)[O-])c1. The Hall–Kier alpha value is -2.11. The van der Waals surface area contributed by atoms with Crippen molar-refractivity contribution in [2.24, 2.45) is 0 Å². The van der Waals surface area contributed by atoms with Crippen LogP contribution in [-0.2, 0) is 0 Å². The fourth-order valence-electron chi connectivity index (χ4n) is 1.81. The van der Waals surface area contributed by atoms with Gasteiger partial charge in [0.2, 0.25) is 0 Å². The van der Waals surface area contributed by atoms with Crippen molar-refractivity contribution in [2.45, 2.75) is 6.92 Å². The Morgan fingerprint density at radius 2 is 1.76 bits per heavy atom. The quantitative estimate of drug-likeness (QED) is 0.669. The van der Waals surface area contributed by atoms with Crippen molar-refractivity contribution < 1.29 is 9.72 Å². The molecular weight excluding hydrogens is 315 g/mol. The molecule has 0 aliphatic rings. The zero-order valence-electron chi connectivity index (χ0n) is 10.9. The summed E-state index contributed by atoms with van der Waals surface area (Å²) in [6, 6.07) is 8.92. The van der Waals surface area contributed by atoms with Crippen molar-refractivity contribution in [3.05, 3.63) is 67.7 Å². The number of anilines is 1. The first-order chi connectivity index (χ1) is 9.86. The van der Waals surface area contributed by atoms with Crippen molar-refractivity contribution in [3.63, 3.8) is 0 Å². The van der Waals surface area contributed by atoms with Gasteiger partial charge in [0.25, 0.3) is 11.6 Å². The number of nitro benzene ring substituents is 1. The summed E-state index contributed by atoms with van der Waals surface area (Å²) in [6.07, 6.45) is 0. The molecule has 0 fully saturated rings. The van der Waals surface area contributed by atoms with E-state index in [-0.39, 0.29) is 11.3 Å². The maximum Gasteiger partial charge on any atom is 0.282 e. The maximum absolute atomic E-state index is 12.2. The molecule has 0 saturated carbocycles. The van der Waals surface area contributed by atoms with Crippen LogP contribution >= 0.6 is 23.2 Å². The number of nitrogens with one attached hydrogen (secondary N) is 1. The summed E-state index contributed by atoms with van der Waals surface area (Å²) in [5.74, 6) is -0.597. The first-order valence-electron chi connectivity index (χ1n) is 5.89. The van der Waals surface area contributed by atoms with E-state index in [2.05, 4.69) is 5.32 Å². The second-order valence-corrected chi connectivity index (χ2v) is 5.26. The number of nitrogens with zero attached hydrogens (tertiary/aromatic N) is 1. The van der Waals surface area contributed by atoms with E-state index in [4.69, 9.17) is 23.2 Å². The summed E-state index contributed by atoms with van der Waals surface area (Å²) in [5, 5.41) is 14.3. The molecule has 0 aliphatic heterocycles. The monoisotopic (exact) mass is 324 g/mol. The largest absolute Gasteiger partial charge is 0.322 e. The highest BCUT2D eigenvalue weighted by Gasteiger charge is 2.20. The van der Waals surface area contributed by atoms with E-state index in [0.717, 1.165) is 0 Å². The molecule has 21 heavy (non-hydrogen) atoms. The number of carbonyl (C=O) groups is 1. The summed E-state index contributed by atoms with van der Waals surface area (Å²) in [5.41, 5.74) is 0.791. The van der Waals surface area contributed by atoms with Crippen molar-refractivity contribution in [3.8, 4) is 0 Å². The van der Waals surface area contributed by atoms with Crippen LogP contribution in [-0.4, -0.2) is 10.8 Å². The summed E-state index contributed by atoms with van der Waals surface area (Å²) in [6.45, 7) is 1.71. The molecule has 0 bridgehead atoms. The van der Waals surface area contributed by atoms with E-state index in [0.29, 0.717) is 21.3 Å². The molecule has 0 saturated heterocycles. The normalized spacial score (nSPS) is 10.2. The zero-order valence-corrected chi connectivity index (χ0v) is 12.4. The van der Waals surface area contributed by atoms with Crippen LogP contribution < -0.4 is 5.32 Å². The van der Waals surface area contributed by atoms with Gasteiger partial charge in [0, 0.05) is 21.8 Å². The predicted molar refractivity (Wildman–Crippen MR) is 82.2 cm³/mol. The summed E-state index contributed by atoms with van der Waals surface area (Å²) < 4.78 is 0. The van der Waals surface area contributed by atoms with Crippen molar-refractivity contribution in [1.82, 2.24) is 0 Å². The number of hydrogen-bond acceptors (Lipinski definition) is 3. The average Bonchev–Trinajstić information content (AvgIpc) is 2.36. The third-order valence-electron chi connectivity index (χ3n) is 2.71. The number of amides is 1. The molecule has 1 N–H and O–H groups in total. The summed E-state index contributed by atoms with van der Waals surface area (Å²) in [4.78, 5) is 22.6. The lowest BCUT2D eigenvalue weighted by atomic mass is 10.1. The third-order valence-corrected chi connectivity index (χ3v) is 3.15. The molecule has 0 atom stereocenters. The van der Waals surface area contributed by atoms with Gasteiger partial charge in [0.15, 0.2) is 0 Å². The fourth-order valence-corrected chi connectivity index (χ4v) is 2.34. The van der Waals surface area contributed by atoms with Gasteiger partial charge in [0.05, 0.1) is 4.92 Å². The number of rotatable bonds is 3. The fraction of sp³-hybridized carbons (Fsp3) is 0.0714. The Labute approximate surface area is 130 Å². The second kappa shape index (κ2) is 6.11. The number of nitro groups is 1. The predicted octanol–water partition coefficient (Wildman–Crippen LogP) is 4.46. The molecule has 2 aromatic carbocycles. The Morgan fingerprint density at radius 3 is 2.33 bits per heavy atom. The van der Waals surface area contributed by atoms with Crippen LogP contribution in [0.2, 0.25) is 10.0 Å². The minimum Gasteiger partial charge on any atom is -0.322 e. The topological polar surface area (TPSA) is 72.2 Å². The molecular formula is C14H10Cl2N2O3. The highest BCUT2D eigenvalue weighted by molar-refractivity contribution is 6.35. The lowest BCUT2D eigenvalue weighted by Gasteiger charge is -2.07. The van der Waals surface area contributed by atoms with E-state index in [1.54, 1.807) is 13.0 Å². The van der Waals surface area contributed by atoms with Crippen LogP contribution in [0.1, 0.15) is 15.9 Å². The maximum atomic E-state index is 12.2. The van der Waals surface area contributed by atoms with Crippen LogP contribution in [0.4, 0.5) is 11.4 Å². The van der Waals surface area contributed by atoms with Crippen LogP contribution in [0.5, 0.6) is 0 Å². The molecule has 0 heterocycles. The van der Waals surface area contributed by atoms with Crippen LogP contribution in [0.3, 0.4) is 0 Å². The molecule has 0 aliphatic carbocycles. The van der Waals surface area contributed by atoms with E-state index in [9.17, 15) is 14.9 Å². The molecule has 108 valence electrons. The lowest BCUT2D eigenvalue weighted by molar-refractivity contribution is -0.385. The van der Waals surface area contributed by atoms with Gasteiger partial charge >= 0.3 is 0 Å². The van der Waals surface area contributed by atoms with Gasteiger partial charge in [-0.3, -0.25) is 14.9 Å². The molecule has 2 rings (SSSR count). The van der Waals surface area contributed by atoms with E-state index in [1.807, 2.05) is 0 Å². The van der Waals surface area contributed by atoms with Gasteiger partial charge < -0.3 is 5.32 Å². The minimum absolute atomic E-state index is 0.0262. The Kier molecular flexibility index (Phi) is 4.45. The second-order valence-electron chi connectivity index (χ2n) is 4.39. The van der Waals surface area contributed by atoms with Gasteiger partial charge in [-0.25, -0.2) is 0 Å².